The van der Waals surface area contributed by atoms with E-state index in [1.54, 1.807) is 12.4 Å². The van der Waals surface area contributed by atoms with E-state index in [0.29, 0.717) is 11.6 Å². The Morgan fingerprint density at radius 2 is 1.94 bits per heavy atom. The molecule has 0 aliphatic rings. The molecule has 17 heavy (non-hydrogen) atoms. The number of nitrogens with one attached hydrogen (secondary N) is 1. The Hall–Kier alpha value is -2.56. The van der Waals surface area contributed by atoms with Crippen molar-refractivity contribution in [2.75, 3.05) is 5.73 Å². The van der Waals surface area contributed by atoms with Crippen molar-refractivity contribution in [3.63, 3.8) is 0 Å². The summed E-state index contributed by atoms with van der Waals surface area (Å²) in [6.45, 7) is 0. The van der Waals surface area contributed by atoms with Gasteiger partial charge in [-0.3, -0.25) is 5.10 Å². The van der Waals surface area contributed by atoms with Gasteiger partial charge in [0.05, 0.1) is 11.8 Å². The molecule has 5 nitrogen and oxygen atoms in total. The normalized spacial score (nSPS) is 10.6. The van der Waals surface area contributed by atoms with Gasteiger partial charge in [0.1, 0.15) is 5.69 Å². The van der Waals surface area contributed by atoms with Crippen LogP contribution in [0.25, 0.3) is 22.4 Å². The predicted molar refractivity (Wildman–Crippen MR) is 63.9 cm³/mol. The van der Waals surface area contributed by atoms with E-state index in [0.717, 1.165) is 16.7 Å². The molecule has 0 aliphatic heterocycles. The van der Waals surface area contributed by atoms with Crippen molar-refractivity contribution in [1.82, 2.24) is 15.4 Å². The van der Waals surface area contributed by atoms with Crippen LogP contribution < -0.4 is 5.73 Å². The number of hydrogen-bond acceptors (Lipinski definition) is 4. The molecule has 0 atom stereocenters. The average molecular weight is 226 g/mol. The van der Waals surface area contributed by atoms with Crippen LogP contribution in [0.4, 0.5) is 5.88 Å². The SMILES string of the molecule is Nc1onc(-c2cn[nH]c2)c1-c1ccccc1. The molecule has 5 heteroatoms. The molecule has 3 N–H and O–H groups in total. The van der Waals surface area contributed by atoms with E-state index < -0.39 is 0 Å². The highest BCUT2D eigenvalue weighted by molar-refractivity contribution is 5.86. The van der Waals surface area contributed by atoms with Gasteiger partial charge in [0, 0.05) is 11.8 Å². The molecule has 0 spiro atoms. The second-order valence-electron chi connectivity index (χ2n) is 3.62. The van der Waals surface area contributed by atoms with Gasteiger partial charge in [-0.25, -0.2) is 0 Å². The number of nitrogen functional groups attached to an aromatic ring is 1. The van der Waals surface area contributed by atoms with Crippen molar-refractivity contribution in [1.29, 1.82) is 0 Å². The van der Waals surface area contributed by atoms with Crippen molar-refractivity contribution < 1.29 is 4.52 Å². The summed E-state index contributed by atoms with van der Waals surface area (Å²) in [6.07, 6.45) is 3.44. The van der Waals surface area contributed by atoms with Crippen LogP contribution in [0.3, 0.4) is 0 Å². The topological polar surface area (TPSA) is 80.7 Å². The average Bonchev–Trinajstić information content (AvgIpc) is 2.98. The molecule has 0 saturated heterocycles. The van der Waals surface area contributed by atoms with Gasteiger partial charge in [-0.2, -0.15) is 5.10 Å². The summed E-state index contributed by atoms with van der Waals surface area (Å²) in [4.78, 5) is 0. The van der Waals surface area contributed by atoms with Crippen LogP contribution in [-0.2, 0) is 0 Å². The molecule has 0 amide bonds. The van der Waals surface area contributed by atoms with Gasteiger partial charge in [0.25, 0.3) is 0 Å². The molecule has 3 aromatic rings. The maximum absolute atomic E-state index is 5.82. The minimum absolute atomic E-state index is 0.312. The van der Waals surface area contributed by atoms with Crippen LogP contribution in [0.5, 0.6) is 0 Å². The van der Waals surface area contributed by atoms with Gasteiger partial charge in [-0.05, 0) is 5.56 Å². The van der Waals surface area contributed by atoms with Gasteiger partial charge in [0.2, 0.25) is 5.88 Å². The number of nitrogens with two attached hydrogens (primary N) is 1. The highest BCUT2D eigenvalue weighted by Gasteiger charge is 2.17. The third kappa shape index (κ3) is 1.57. The number of rotatable bonds is 2. The van der Waals surface area contributed by atoms with Crippen LogP contribution in [0.15, 0.2) is 47.2 Å². The first-order valence-corrected chi connectivity index (χ1v) is 5.16. The fourth-order valence-electron chi connectivity index (χ4n) is 1.76. The van der Waals surface area contributed by atoms with Gasteiger partial charge in [-0.1, -0.05) is 35.5 Å². The molecule has 0 aliphatic carbocycles. The van der Waals surface area contributed by atoms with Crippen molar-refractivity contribution >= 4 is 5.88 Å². The van der Waals surface area contributed by atoms with E-state index in [4.69, 9.17) is 10.3 Å². The zero-order valence-electron chi connectivity index (χ0n) is 8.92. The van der Waals surface area contributed by atoms with Crippen molar-refractivity contribution in [2.45, 2.75) is 0 Å². The molecule has 0 radical (unpaired) electrons. The Labute approximate surface area is 97.2 Å². The molecule has 0 fully saturated rings. The molecular formula is C12H10N4O. The lowest BCUT2D eigenvalue weighted by molar-refractivity contribution is 0.439. The Kier molecular flexibility index (Phi) is 2.15. The van der Waals surface area contributed by atoms with Gasteiger partial charge < -0.3 is 10.3 Å². The van der Waals surface area contributed by atoms with Crippen LogP contribution >= 0.6 is 0 Å². The first-order valence-electron chi connectivity index (χ1n) is 5.16. The predicted octanol–water partition coefficient (Wildman–Crippen LogP) is 2.31. The minimum Gasteiger partial charge on any atom is -0.367 e. The Bertz CT molecular complexity index is 613. The molecule has 1 aromatic carbocycles. The Balaban J connectivity index is 2.20. The monoisotopic (exact) mass is 226 g/mol. The van der Waals surface area contributed by atoms with Crippen LogP contribution in [-0.4, -0.2) is 15.4 Å². The number of benzene rings is 1. The third-order valence-corrected chi connectivity index (χ3v) is 2.55. The molecule has 84 valence electrons. The standard InChI is InChI=1S/C12H10N4O/c13-12-10(8-4-2-1-3-5-8)11(16-17-12)9-6-14-15-7-9/h1-7H,13H2,(H,14,15). The maximum atomic E-state index is 5.82. The number of anilines is 1. The fraction of sp³-hybridized carbons (Fsp3) is 0. The summed E-state index contributed by atoms with van der Waals surface area (Å²) >= 11 is 0. The number of aromatic amines is 1. The summed E-state index contributed by atoms with van der Waals surface area (Å²) in [7, 11) is 0. The summed E-state index contributed by atoms with van der Waals surface area (Å²) in [5, 5.41) is 10.6. The lowest BCUT2D eigenvalue weighted by atomic mass is 10.0. The van der Waals surface area contributed by atoms with E-state index in [1.807, 2.05) is 30.3 Å². The maximum Gasteiger partial charge on any atom is 0.230 e. The highest BCUT2D eigenvalue weighted by atomic mass is 16.5. The lowest BCUT2D eigenvalue weighted by Crippen LogP contribution is -1.86. The first kappa shape index (κ1) is 9.65. The molecule has 0 unspecified atom stereocenters. The molecular weight excluding hydrogens is 216 g/mol. The number of hydrogen-bond donors (Lipinski definition) is 2. The van der Waals surface area contributed by atoms with Crippen molar-refractivity contribution in [3.8, 4) is 22.4 Å². The summed E-state index contributed by atoms with van der Waals surface area (Å²) in [5.41, 5.74) is 9.14. The fourth-order valence-corrected chi connectivity index (χ4v) is 1.76. The van der Waals surface area contributed by atoms with E-state index >= 15 is 0 Å². The first-order chi connectivity index (χ1) is 8.36. The number of nitrogens with zero attached hydrogens (tertiary/aromatic N) is 2. The third-order valence-electron chi connectivity index (χ3n) is 2.55. The largest absolute Gasteiger partial charge is 0.367 e. The van der Waals surface area contributed by atoms with E-state index in [1.165, 1.54) is 0 Å². The second-order valence-corrected chi connectivity index (χ2v) is 3.62. The lowest BCUT2D eigenvalue weighted by Gasteiger charge is -1.99. The van der Waals surface area contributed by atoms with Gasteiger partial charge in [-0.15, -0.1) is 0 Å². The van der Waals surface area contributed by atoms with Gasteiger partial charge >= 0.3 is 0 Å². The quantitative estimate of drug-likeness (QED) is 0.702. The Morgan fingerprint density at radius 3 is 2.65 bits per heavy atom. The smallest absolute Gasteiger partial charge is 0.230 e. The van der Waals surface area contributed by atoms with Crippen LogP contribution in [0, 0.1) is 0 Å². The van der Waals surface area contributed by atoms with Crippen molar-refractivity contribution in [2.24, 2.45) is 0 Å². The molecule has 2 aromatic heterocycles. The summed E-state index contributed by atoms with van der Waals surface area (Å²) < 4.78 is 5.06. The van der Waals surface area contributed by atoms with E-state index in [-0.39, 0.29) is 0 Å². The molecule has 3 rings (SSSR count). The zero-order chi connectivity index (χ0) is 11.7. The number of H-pyrrole nitrogens is 1. The van der Waals surface area contributed by atoms with E-state index in [2.05, 4.69) is 15.4 Å². The van der Waals surface area contributed by atoms with E-state index in [9.17, 15) is 0 Å². The van der Waals surface area contributed by atoms with Crippen molar-refractivity contribution in [3.05, 3.63) is 42.7 Å². The molecule has 0 saturated carbocycles. The van der Waals surface area contributed by atoms with Crippen LogP contribution in [0.2, 0.25) is 0 Å². The molecule has 0 bridgehead atoms. The summed E-state index contributed by atoms with van der Waals surface area (Å²) in [5.74, 6) is 0.312. The Morgan fingerprint density at radius 1 is 1.12 bits per heavy atom. The van der Waals surface area contributed by atoms with Gasteiger partial charge in [0.15, 0.2) is 0 Å². The highest BCUT2D eigenvalue weighted by Crippen LogP contribution is 2.35. The minimum atomic E-state index is 0.312. The zero-order valence-corrected chi connectivity index (χ0v) is 8.92. The second kappa shape index (κ2) is 3.79. The molecule has 2 heterocycles. The summed E-state index contributed by atoms with van der Waals surface area (Å²) in [6, 6.07) is 9.77. The number of aromatic nitrogens is 3. The van der Waals surface area contributed by atoms with Crippen LogP contribution in [0.1, 0.15) is 0 Å².